The van der Waals surface area contributed by atoms with Gasteiger partial charge in [0.25, 0.3) is 0 Å². The molecule has 3 atom stereocenters. The van der Waals surface area contributed by atoms with Gasteiger partial charge in [-0.05, 0) is 45.7 Å². The van der Waals surface area contributed by atoms with E-state index in [1.54, 1.807) is 0 Å². The van der Waals surface area contributed by atoms with Crippen LogP contribution in [0.25, 0.3) is 0 Å². The first-order valence-electron chi connectivity index (χ1n) is 7.59. The lowest BCUT2D eigenvalue weighted by molar-refractivity contribution is -0.127. The van der Waals surface area contributed by atoms with Crippen LogP contribution < -0.4 is 11.1 Å². The highest BCUT2D eigenvalue weighted by molar-refractivity contribution is 5.85. The van der Waals surface area contributed by atoms with Gasteiger partial charge in [0.05, 0.1) is 0 Å². The van der Waals surface area contributed by atoms with Gasteiger partial charge >= 0.3 is 0 Å². The summed E-state index contributed by atoms with van der Waals surface area (Å²) in [5, 5.41) is 3.23. The fourth-order valence-electron chi connectivity index (χ4n) is 2.97. The molecule has 128 valence electrons. The molecule has 1 saturated carbocycles. The van der Waals surface area contributed by atoms with E-state index in [0.717, 1.165) is 38.6 Å². The zero-order valence-electron chi connectivity index (χ0n) is 13.8. The van der Waals surface area contributed by atoms with E-state index in [2.05, 4.69) is 38.2 Å². The van der Waals surface area contributed by atoms with Crippen molar-refractivity contribution in [1.82, 2.24) is 10.2 Å². The Balaban J connectivity index is 0. The van der Waals surface area contributed by atoms with Crippen molar-refractivity contribution in [3.8, 4) is 0 Å². The number of hydrogen-bond donors (Lipinski definition) is 2. The third kappa shape index (κ3) is 9.56. The Hall–Kier alpha value is -0.0300. The molecule has 0 aliphatic heterocycles. The predicted molar refractivity (Wildman–Crippen MR) is 94.4 cm³/mol. The van der Waals surface area contributed by atoms with Gasteiger partial charge in [-0.2, -0.15) is 0 Å². The van der Waals surface area contributed by atoms with Crippen molar-refractivity contribution in [3.05, 3.63) is 0 Å². The van der Waals surface area contributed by atoms with E-state index in [1.165, 1.54) is 0 Å². The van der Waals surface area contributed by atoms with Crippen molar-refractivity contribution < 1.29 is 4.79 Å². The fraction of sp³-hybridized carbons (Fsp3) is 0.933. The molecule has 1 fully saturated rings. The number of nitrogens with zero attached hydrogens (tertiary/aromatic N) is 1. The van der Waals surface area contributed by atoms with Crippen LogP contribution in [0.2, 0.25) is 0 Å². The Morgan fingerprint density at radius 1 is 1.29 bits per heavy atom. The van der Waals surface area contributed by atoms with Crippen LogP contribution in [0.3, 0.4) is 0 Å². The number of hydrogen-bond acceptors (Lipinski definition) is 3. The van der Waals surface area contributed by atoms with Crippen LogP contribution in [0.15, 0.2) is 0 Å². The Morgan fingerprint density at radius 2 is 1.90 bits per heavy atom. The molecule has 1 aliphatic carbocycles. The first-order valence-corrected chi connectivity index (χ1v) is 7.59. The van der Waals surface area contributed by atoms with E-state index in [-0.39, 0.29) is 48.7 Å². The fourth-order valence-corrected chi connectivity index (χ4v) is 2.97. The minimum absolute atomic E-state index is 0. The first kappa shape index (κ1) is 23.2. The molecule has 0 aromatic heterocycles. The molecule has 0 aromatic carbocycles. The van der Waals surface area contributed by atoms with Gasteiger partial charge in [-0.1, -0.05) is 20.3 Å². The summed E-state index contributed by atoms with van der Waals surface area (Å²) >= 11 is 0. The second-order valence-electron chi connectivity index (χ2n) is 6.72. The number of halogens is 2. The molecular weight excluding hydrogens is 309 g/mol. The molecule has 3 unspecified atom stereocenters. The van der Waals surface area contributed by atoms with Crippen LogP contribution in [0, 0.1) is 11.8 Å². The number of likely N-dealkylation sites (N-methyl/N-ethyl adjacent to an activating group) is 1. The molecule has 1 rings (SSSR count). The number of carbonyl (C=O) groups is 1. The van der Waals surface area contributed by atoms with Gasteiger partial charge in [0.1, 0.15) is 0 Å². The summed E-state index contributed by atoms with van der Waals surface area (Å²) in [4.78, 5) is 14.5. The van der Waals surface area contributed by atoms with E-state index in [0.29, 0.717) is 5.92 Å². The molecule has 4 nitrogen and oxygen atoms in total. The van der Waals surface area contributed by atoms with Gasteiger partial charge in [0, 0.05) is 24.5 Å². The molecule has 3 N–H and O–H groups in total. The molecular formula is C15H33Cl2N3O. The van der Waals surface area contributed by atoms with Crippen molar-refractivity contribution in [2.45, 2.75) is 58.0 Å². The highest BCUT2D eigenvalue weighted by atomic mass is 35.5. The zero-order chi connectivity index (χ0) is 14.4. The Bertz CT molecular complexity index is 278. The summed E-state index contributed by atoms with van der Waals surface area (Å²) in [5.74, 6) is 0.932. The largest absolute Gasteiger partial charge is 0.352 e. The lowest BCUT2D eigenvalue weighted by Crippen LogP contribution is -2.46. The number of nitrogens with one attached hydrogen (secondary N) is 1. The summed E-state index contributed by atoms with van der Waals surface area (Å²) in [6.45, 7) is 5.30. The van der Waals surface area contributed by atoms with Gasteiger partial charge in [0.2, 0.25) is 5.91 Å². The van der Waals surface area contributed by atoms with E-state index in [9.17, 15) is 4.79 Å². The molecule has 0 heterocycles. The summed E-state index contributed by atoms with van der Waals surface area (Å²) in [6, 6.07) is 0.461. The lowest BCUT2D eigenvalue weighted by atomic mass is 9.85. The van der Waals surface area contributed by atoms with Crippen LogP contribution in [0.5, 0.6) is 0 Å². The van der Waals surface area contributed by atoms with Gasteiger partial charge in [-0.25, -0.2) is 0 Å². The quantitative estimate of drug-likeness (QED) is 0.779. The number of rotatable bonds is 6. The van der Waals surface area contributed by atoms with Crippen molar-refractivity contribution in [3.63, 3.8) is 0 Å². The Morgan fingerprint density at radius 3 is 2.38 bits per heavy atom. The molecule has 1 aliphatic rings. The minimum Gasteiger partial charge on any atom is -0.352 e. The molecule has 0 bridgehead atoms. The Labute approximate surface area is 142 Å². The molecule has 0 spiro atoms. The lowest BCUT2D eigenvalue weighted by Gasteiger charge is -2.29. The van der Waals surface area contributed by atoms with E-state index in [1.807, 2.05) is 0 Å². The molecule has 0 saturated heterocycles. The monoisotopic (exact) mass is 341 g/mol. The average Bonchev–Trinajstić information content (AvgIpc) is 2.26. The first-order chi connectivity index (χ1) is 8.88. The third-order valence-electron chi connectivity index (χ3n) is 3.77. The Kier molecular flexibility index (Phi) is 12.8. The summed E-state index contributed by atoms with van der Waals surface area (Å²) in [5.41, 5.74) is 5.97. The second kappa shape index (κ2) is 11.5. The standard InChI is InChI=1S/C15H31N3O.2ClH/c1-11(2)8-14(10-18(3)4)17-15(19)12-6-5-7-13(16)9-12;;/h11-14H,5-10,16H2,1-4H3,(H,17,19);2*1H. The summed E-state index contributed by atoms with van der Waals surface area (Å²) in [6.07, 6.45) is 5.03. The topological polar surface area (TPSA) is 58.4 Å². The molecule has 6 heteroatoms. The van der Waals surface area contributed by atoms with Gasteiger partial charge < -0.3 is 16.0 Å². The number of carbonyl (C=O) groups excluding carboxylic acids is 1. The number of amides is 1. The van der Waals surface area contributed by atoms with Crippen LogP contribution in [0.4, 0.5) is 0 Å². The maximum atomic E-state index is 12.3. The van der Waals surface area contributed by atoms with Gasteiger partial charge in [-0.3, -0.25) is 4.79 Å². The van der Waals surface area contributed by atoms with Crippen molar-refractivity contribution in [1.29, 1.82) is 0 Å². The van der Waals surface area contributed by atoms with Crippen LogP contribution in [0.1, 0.15) is 46.0 Å². The van der Waals surface area contributed by atoms with Crippen LogP contribution >= 0.6 is 24.8 Å². The molecule has 0 aromatic rings. The van der Waals surface area contributed by atoms with Crippen molar-refractivity contribution in [2.24, 2.45) is 17.6 Å². The van der Waals surface area contributed by atoms with Gasteiger partial charge in [-0.15, -0.1) is 24.8 Å². The maximum Gasteiger partial charge on any atom is 0.223 e. The zero-order valence-corrected chi connectivity index (χ0v) is 15.4. The van der Waals surface area contributed by atoms with E-state index < -0.39 is 0 Å². The van der Waals surface area contributed by atoms with Gasteiger partial charge in [0.15, 0.2) is 0 Å². The predicted octanol–water partition coefficient (Wildman–Crippen LogP) is 2.44. The molecule has 1 amide bonds. The summed E-state index contributed by atoms with van der Waals surface area (Å²) in [7, 11) is 4.10. The second-order valence-corrected chi connectivity index (χ2v) is 6.72. The highest BCUT2D eigenvalue weighted by Gasteiger charge is 2.27. The molecule has 21 heavy (non-hydrogen) atoms. The number of nitrogens with two attached hydrogens (primary N) is 1. The molecule has 0 radical (unpaired) electrons. The van der Waals surface area contributed by atoms with Crippen LogP contribution in [-0.4, -0.2) is 43.5 Å². The van der Waals surface area contributed by atoms with Crippen molar-refractivity contribution >= 4 is 30.7 Å². The van der Waals surface area contributed by atoms with Crippen LogP contribution in [-0.2, 0) is 4.79 Å². The SMILES string of the molecule is CC(C)CC(CN(C)C)NC(=O)C1CCCC(N)C1.Cl.Cl. The minimum atomic E-state index is 0. The van der Waals surface area contributed by atoms with Crippen molar-refractivity contribution in [2.75, 3.05) is 20.6 Å². The average molecular weight is 342 g/mol. The van der Waals surface area contributed by atoms with E-state index in [4.69, 9.17) is 5.73 Å². The van der Waals surface area contributed by atoms with E-state index >= 15 is 0 Å². The third-order valence-corrected chi connectivity index (χ3v) is 3.77. The maximum absolute atomic E-state index is 12.3. The smallest absolute Gasteiger partial charge is 0.223 e. The summed E-state index contributed by atoms with van der Waals surface area (Å²) < 4.78 is 0. The highest BCUT2D eigenvalue weighted by Crippen LogP contribution is 2.23. The normalized spacial score (nSPS) is 23.2.